The molecule has 72 valence electrons. The van der Waals surface area contributed by atoms with Crippen LogP contribution in [0.15, 0.2) is 29.3 Å². The third-order valence-corrected chi connectivity index (χ3v) is 1.99. The van der Waals surface area contributed by atoms with Crippen molar-refractivity contribution in [1.29, 1.82) is 0 Å². The van der Waals surface area contributed by atoms with Crippen molar-refractivity contribution in [3.63, 3.8) is 0 Å². The lowest BCUT2D eigenvalue weighted by Crippen LogP contribution is -2.27. The fourth-order valence-corrected chi connectivity index (χ4v) is 1.34. The Morgan fingerprint density at radius 2 is 2.21 bits per heavy atom. The first-order chi connectivity index (χ1) is 6.86. The van der Waals surface area contributed by atoms with Gasteiger partial charge in [0.1, 0.15) is 5.52 Å². The molecule has 5 heteroatoms. The van der Waals surface area contributed by atoms with E-state index < -0.39 is 0 Å². The van der Waals surface area contributed by atoms with E-state index in [1.807, 2.05) is 24.3 Å². The van der Waals surface area contributed by atoms with E-state index in [1.165, 1.54) is 0 Å². The molecular formula is C9H11N5. The van der Waals surface area contributed by atoms with Gasteiger partial charge in [0, 0.05) is 14.1 Å². The van der Waals surface area contributed by atoms with Crippen LogP contribution in [0.3, 0.4) is 0 Å². The smallest absolute Gasteiger partial charge is 0.220 e. The standard InChI is InChI=1S/C9H11N5/c1-10-9(11-2)14-8-6-4-3-5-7(8)12-13-14/h3-6H,1-2H3,(H,10,11). The molecule has 0 radical (unpaired) electrons. The lowest BCUT2D eigenvalue weighted by molar-refractivity contribution is 0.827. The molecule has 0 unspecified atom stereocenters. The van der Waals surface area contributed by atoms with Crippen LogP contribution in [0.25, 0.3) is 11.0 Å². The molecule has 0 aliphatic rings. The normalized spacial score (nSPS) is 12.0. The van der Waals surface area contributed by atoms with Crippen LogP contribution in [0, 0.1) is 0 Å². The second kappa shape index (κ2) is 3.45. The van der Waals surface area contributed by atoms with Crippen molar-refractivity contribution in [2.24, 2.45) is 4.99 Å². The van der Waals surface area contributed by atoms with E-state index >= 15 is 0 Å². The quantitative estimate of drug-likeness (QED) is 0.484. The number of fused-ring (bicyclic) bond motifs is 1. The molecule has 0 aliphatic carbocycles. The maximum atomic E-state index is 4.07. The molecule has 2 aromatic rings. The average molecular weight is 189 g/mol. The zero-order valence-corrected chi connectivity index (χ0v) is 8.10. The minimum Gasteiger partial charge on any atom is -0.358 e. The Kier molecular flexibility index (Phi) is 2.14. The number of hydrogen-bond donors (Lipinski definition) is 1. The van der Waals surface area contributed by atoms with Gasteiger partial charge in [-0.15, -0.1) is 5.10 Å². The number of hydrogen-bond acceptors (Lipinski definition) is 3. The van der Waals surface area contributed by atoms with Crippen molar-refractivity contribution in [3.8, 4) is 0 Å². The van der Waals surface area contributed by atoms with Gasteiger partial charge in [-0.2, -0.15) is 4.68 Å². The van der Waals surface area contributed by atoms with E-state index in [1.54, 1.807) is 18.8 Å². The first-order valence-corrected chi connectivity index (χ1v) is 4.32. The topological polar surface area (TPSA) is 55.1 Å². The molecule has 1 aromatic heterocycles. The summed E-state index contributed by atoms with van der Waals surface area (Å²) < 4.78 is 1.68. The van der Waals surface area contributed by atoms with Gasteiger partial charge in [0.25, 0.3) is 0 Å². The van der Waals surface area contributed by atoms with Crippen molar-refractivity contribution in [3.05, 3.63) is 24.3 Å². The molecule has 1 heterocycles. The molecular weight excluding hydrogens is 178 g/mol. The van der Waals surface area contributed by atoms with Crippen LogP contribution in [-0.4, -0.2) is 35.0 Å². The molecule has 1 N–H and O–H groups in total. The van der Waals surface area contributed by atoms with Crippen molar-refractivity contribution in [2.45, 2.75) is 0 Å². The van der Waals surface area contributed by atoms with Crippen molar-refractivity contribution in [1.82, 2.24) is 20.3 Å². The fourth-order valence-electron chi connectivity index (χ4n) is 1.34. The van der Waals surface area contributed by atoms with Crippen molar-refractivity contribution >= 4 is 17.0 Å². The Morgan fingerprint density at radius 3 is 2.93 bits per heavy atom. The summed E-state index contributed by atoms with van der Waals surface area (Å²) in [5.41, 5.74) is 1.81. The third-order valence-electron chi connectivity index (χ3n) is 1.99. The molecule has 0 saturated carbocycles. The Labute approximate surface area is 81.4 Å². The van der Waals surface area contributed by atoms with Crippen LogP contribution in [-0.2, 0) is 0 Å². The maximum absolute atomic E-state index is 4.07. The summed E-state index contributed by atoms with van der Waals surface area (Å²) in [7, 11) is 3.51. The number of aromatic nitrogens is 3. The van der Waals surface area contributed by atoms with Crippen molar-refractivity contribution < 1.29 is 0 Å². The van der Waals surface area contributed by atoms with Crippen LogP contribution >= 0.6 is 0 Å². The largest absolute Gasteiger partial charge is 0.358 e. The van der Waals surface area contributed by atoms with Gasteiger partial charge in [-0.1, -0.05) is 17.3 Å². The zero-order chi connectivity index (χ0) is 9.97. The fraction of sp³-hybridized carbons (Fsp3) is 0.222. The molecule has 0 saturated heterocycles. The van der Waals surface area contributed by atoms with Crippen LogP contribution in [0.4, 0.5) is 0 Å². The first kappa shape index (κ1) is 8.68. The third kappa shape index (κ3) is 1.22. The molecule has 2 rings (SSSR count). The van der Waals surface area contributed by atoms with Crippen LogP contribution in [0.2, 0.25) is 0 Å². The number of nitrogens with zero attached hydrogens (tertiary/aromatic N) is 4. The van der Waals surface area contributed by atoms with Gasteiger partial charge in [-0.25, -0.2) is 0 Å². The second-order valence-electron chi connectivity index (χ2n) is 2.79. The van der Waals surface area contributed by atoms with E-state index in [0.29, 0.717) is 5.96 Å². The molecule has 0 aliphatic heterocycles. The minimum absolute atomic E-state index is 0.679. The molecule has 14 heavy (non-hydrogen) atoms. The van der Waals surface area contributed by atoms with E-state index in [9.17, 15) is 0 Å². The summed E-state index contributed by atoms with van der Waals surface area (Å²) in [6, 6.07) is 7.76. The van der Waals surface area contributed by atoms with Crippen LogP contribution < -0.4 is 5.32 Å². The van der Waals surface area contributed by atoms with Crippen molar-refractivity contribution in [2.75, 3.05) is 14.1 Å². The SMILES string of the molecule is CN=C(NC)n1nnc2ccccc21. The summed E-state index contributed by atoms with van der Waals surface area (Å²) in [4.78, 5) is 4.07. The lowest BCUT2D eigenvalue weighted by Gasteiger charge is -2.03. The first-order valence-electron chi connectivity index (χ1n) is 4.32. The second-order valence-corrected chi connectivity index (χ2v) is 2.79. The van der Waals surface area contributed by atoms with E-state index in [0.717, 1.165) is 11.0 Å². The highest BCUT2D eigenvalue weighted by molar-refractivity contribution is 5.90. The number of rotatable bonds is 0. The summed E-state index contributed by atoms with van der Waals surface area (Å²) in [5.74, 6) is 0.679. The van der Waals surface area contributed by atoms with Gasteiger partial charge in [-0.05, 0) is 12.1 Å². The summed E-state index contributed by atoms with van der Waals surface area (Å²) in [5, 5.41) is 11.0. The maximum Gasteiger partial charge on any atom is 0.220 e. The molecule has 0 bridgehead atoms. The van der Waals surface area contributed by atoms with Crippen LogP contribution in [0.5, 0.6) is 0 Å². The monoisotopic (exact) mass is 189 g/mol. The van der Waals surface area contributed by atoms with E-state index in [2.05, 4.69) is 20.6 Å². The highest BCUT2D eigenvalue weighted by Crippen LogP contribution is 2.08. The Morgan fingerprint density at radius 1 is 1.43 bits per heavy atom. The van der Waals surface area contributed by atoms with Gasteiger partial charge in [0.05, 0.1) is 5.52 Å². The minimum atomic E-state index is 0.679. The number of para-hydroxylation sites is 1. The van der Waals surface area contributed by atoms with Gasteiger partial charge in [-0.3, -0.25) is 4.99 Å². The predicted octanol–water partition coefficient (Wildman–Crippen LogP) is 0.485. The number of aliphatic imine (C=N–C) groups is 1. The van der Waals surface area contributed by atoms with Gasteiger partial charge >= 0.3 is 0 Å². The Bertz CT molecular complexity index is 471. The molecule has 1 aromatic carbocycles. The molecule has 0 spiro atoms. The van der Waals surface area contributed by atoms with Gasteiger partial charge < -0.3 is 5.32 Å². The molecule has 5 nitrogen and oxygen atoms in total. The molecule has 0 atom stereocenters. The molecule has 0 amide bonds. The van der Waals surface area contributed by atoms with Gasteiger partial charge in [0.15, 0.2) is 0 Å². The summed E-state index contributed by atoms with van der Waals surface area (Å²) in [6.45, 7) is 0. The van der Waals surface area contributed by atoms with Gasteiger partial charge in [0.2, 0.25) is 5.96 Å². The lowest BCUT2D eigenvalue weighted by atomic mass is 10.3. The van der Waals surface area contributed by atoms with Crippen LogP contribution in [0.1, 0.15) is 0 Å². The number of nitrogens with one attached hydrogen (secondary N) is 1. The Balaban J connectivity index is 2.63. The average Bonchev–Trinajstić information content (AvgIpc) is 2.65. The number of benzene rings is 1. The highest BCUT2D eigenvalue weighted by Gasteiger charge is 2.06. The zero-order valence-electron chi connectivity index (χ0n) is 8.10. The Hall–Kier alpha value is -1.91. The van der Waals surface area contributed by atoms with E-state index in [4.69, 9.17) is 0 Å². The highest BCUT2D eigenvalue weighted by atomic mass is 15.5. The predicted molar refractivity (Wildman–Crippen MR) is 55.3 cm³/mol. The van der Waals surface area contributed by atoms with E-state index in [-0.39, 0.29) is 0 Å². The summed E-state index contributed by atoms with van der Waals surface area (Å²) in [6.07, 6.45) is 0. The molecule has 0 fully saturated rings. The summed E-state index contributed by atoms with van der Waals surface area (Å²) >= 11 is 0.